The van der Waals surface area contributed by atoms with E-state index in [1.54, 1.807) is 30.3 Å². The first-order chi connectivity index (χ1) is 11.1. The molecule has 3 rings (SSSR count). The summed E-state index contributed by atoms with van der Waals surface area (Å²) in [4.78, 5) is 11.8. The second-order valence-corrected chi connectivity index (χ2v) is 5.38. The van der Waals surface area contributed by atoms with Gasteiger partial charge in [0.1, 0.15) is 0 Å². The van der Waals surface area contributed by atoms with E-state index in [1.165, 1.54) is 6.26 Å². The zero-order valence-electron chi connectivity index (χ0n) is 11.7. The van der Waals surface area contributed by atoms with Crippen molar-refractivity contribution in [2.24, 2.45) is 0 Å². The summed E-state index contributed by atoms with van der Waals surface area (Å²) in [5, 5.41) is 8.41. The Labute approximate surface area is 141 Å². The van der Waals surface area contributed by atoms with Gasteiger partial charge in [-0.3, -0.25) is 4.79 Å². The van der Waals surface area contributed by atoms with E-state index in [-0.39, 0.29) is 24.8 Å². The topological polar surface area (TPSA) is 78.4 Å². The Kier molecular flexibility index (Phi) is 4.64. The van der Waals surface area contributed by atoms with E-state index in [0.29, 0.717) is 21.4 Å². The second-order valence-electron chi connectivity index (χ2n) is 4.56. The largest absolute Gasteiger partial charge is 0.459 e. The Morgan fingerprint density at radius 3 is 2.78 bits per heavy atom. The lowest BCUT2D eigenvalue weighted by molar-refractivity contribution is -0.144. The minimum Gasteiger partial charge on any atom is -0.459 e. The molecule has 1 aromatic carbocycles. The number of nitrogens with zero attached hydrogens (tertiary/aromatic N) is 2. The molecular formula is C15H10Cl2N2O4. The van der Waals surface area contributed by atoms with Crippen LogP contribution in [0.2, 0.25) is 10.0 Å². The average molecular weight is 353 g/mol. The molecule has 3 aromatic rings. The Hall–Kier alpha value is -2.31. The highest BCUT2D eigenvalue weighted by atomic mass is 35.5. The highest BCUT2D eigenvalue weighted by Gasteiger charge is 2.13. The van der Waals surface area contributed by atoms with Crippen molar-refractivity contribution in [2.75, 3.05) is 0 Å². The number of hydrogen-bond acceptors (Lipinski definition) is 6. The van der Waals surface area contributed by atoms with Gasteiger partial charge in [-0.1, -0.05) is 29.3 Å². The highest BCUT2D eigenvalue weighted by Crippen LogP contribution is 2.23. The predicted molar refractivity (Wildman–Crippen MR) is 82.0 cm³/mol. The predicted octanol–water partition coefficient (Wildman–Crippen LogP) is 3.92. The van der Waals surface area contributed by atoms with Gasteiger partial charge < -0.3 is 13.6 Å². The lowest BCUT2D eigenvalue weighted by atomic mass is 10.1. The average Bonchev–Trinajstić information content (AvgIpc) is 3.19. The number of rotatable bonds is 5. The Bertz CT molecular complexity index is 815. The Morgan fingerprint density at radius 2 is 2.04 bits per heavy atom. The normalized spacial score (nSPS) is 10.7. The maximum absolute atomic E-state index is 11.8. The van der Waals surface area contributed by atoms with Crippen molar-refractivity contribution in [3.05, 3.63) is 58.1 Å². The summed E-state index contributed by atoms with van der Waals surface area (Å²) in [6, 6.07) is 8.34. The quantitative estimate of drug-likeness (QED) is 0.647. The molecule has 118 valence electrons. The molecule has 0 atom stereocenters. The minimum atomic E-state index is -0.443. The maximum Gasteiger partial charge on any atom is 0.310 e. The van der Waals surface area contributed by atoms with Gasteiger partial charge in [0.15, 0.2) is 12.4 Å². The van der Waals surface area contributed by atoms with Crippen molar-refractivity contribution >= 4 is 29.2 Å². The molecular weight excluding hydrogens is 343 g/mol. The van der Waals surface area contributed by atoms with Crippen LogP contribution in [0.5, 0.6) is 0 Å². The summed E-state index contributed by atoms with van der Waals surface area (Å²) in [5.74, 6) is 0.413. The number of halogens is 2. The van der Waals surface area contributed by atoms with E-state index in [4.69, 9.17) is 36.8 Å². The third-order valence-corrected chi connectivity index (χ3v) is 3.63. The van der Waals surface area contributed by atoms with Gasteiger partial charge in [0.05, 0.1) is 22.7 Å². The van der Waals surface area contributed by atoms with Crippen LogP contribution >= 0.6 is 23.2 Å². The first kappa shape index (κ1) is 15.6. The monoisotopic (exact) mass is 352 g/mol. The third kappa shape index (κ3) is 3.91. The Morgan fingerprint density at radius 1 is 1.17 bits per heavy atom. The molecule has 0 saturated heterocycles. The van der Waals surface area contributed by atoms with Gasteiger partial charge in [0.25, 0.3) is 11.8 Å². The number of esters is 1. The molecule has 0 saturated carbocycles. The fourth-order valence-corrected chi connectivity index (χ4v) is 2.14. The summed E-state index contributed by atoms with van der Waals surface area (Å²) in [7, 11) is 0. The van der Waals surface area contributed by atoms with Crippen LogP contribution in [0.4, 0.5) is 0 Å². The van der Waals surface area contributed by atoms with Crippen molar-refractivity contribution in [2.45, 2.75) is 13.0 Å². The molecule has 2 heterocycles. The highest BCUT2D eigenvalue weighted by molar-refractivity contribution is 6.42. The fourth-order valence-electron chi connectivity index (χ4n) is 1.82. The van der Waals surface area contributed by atoms with Crippen LogP contribution < -0.4 is 0 Å². The molecule has 0 amide bonds. The zero-order valence-corrected chi connectivity index (χ0v) is 13.2. The molecule has 0 bridgehead atoms. The van der Waals surface area contributed by atoms with E-state index in [9.17, 15) is 4.79 Å². The lowest BCUT2D eigenvalue weighted by Gasteiger charge is -2.03. The number of aromatic nitrogens is 2. The van der Waals surface area contributed by atoms with E-state index in [1.807, 2.05) is 0 Å². The van der Waals surface area contributed by atoms with Crippen LogP contribution in [0, 0.1) is 0 Å². The van der Waals surface area contributed by atoms with Crippen LogP contribution in [0.3, 0.4) is 0 Å². The first-order valence-electron chi connectivity index (χ1n) is 6.57. The number of hydrogen-bond donors (Lipinski definition) is 0. The van der Waals surface area contributed by atoms with Gasteiger partial charge in [0.2, 0.25) is 0 Å². The SMILES string of the molecule is O=C(Cc1ccc(Cl)c(Cl)c1)OCc1nnc(-c2ccco2)o1. The zero-order chi connectivity index (χ0) is 16.2. The molecule has 0 radical (unpaired) electrons. The van der Waals surface area contributed by atoms with Crippen LogP contribution in [0.1, 0.15) is 11.5 Å². The molecule has 0 unspecified atom stereocenters. The van der Waals surface area contributed by atoms with Gasteiger partial charge in [-0.25, -0.2) is 0 Å². The Balaban J connectivity index is 1.55. The van der Waals surface area contributed by atoms with E-state index in [0.717, 1.165) is 0 Å². The molecule has 0 N–H and O–H groups in total. The van der Waals surface area contributed by atoms with Crippen molar-refractivity contribution in [3.63, 3.8) is 0 Å². The molecule has 6 nitrogen and oxygen atoms in total. The van der Waals surface area contributed by atoms with Crippen molar-refractivity contribution in [3.8, 4) is 11.7 Å². The molecule has 0 fully saturated rings. The summed E-state index contributed by atoms with van der Waals surface area (Å²) >= 11 is 11.7. The molecule has 0 spiro atoms. The van der Waals surface area contributed by atoms with Crippen molar-refractivity contribution in [1.29, 1.82) is 0 Å². The maximum atomic E-state index is 11.8. The van der Waals surface area contributed by atoms with Crippen LogP contribution in [-0.4, -0.2) is 16.2 Å². The third-order valence-electron chi connectivity index (χ3n) is 2.89. The number of carbonyl (C=O) groups is 1. The number of furan rings is 1. The summed E-state index contributed by atoms with van der Waals surface area (Å²) in [6.45, 7) is -0.117. The van der Waals surface area contributed by atoms with E-state index >= 15 is 0 Å². The smallest absolute Gasteiger partial charge is 0.310 e. The summed E-state index contributed by atoms with van der Waals surface area (Å²) in [5.41, 5.74) is 0.700. The van der Waals surface area contributed by atoms with Gasteiger partial charge in [-0.15, -0.1) is 10.2 Å². The first-order valence-corrected chi connectivity index (χ1v) is 7.33. The number of ether oxygens (including phenoxy) is 1. The second kappa shape index (κ2) is 6.85. The fraction of sp³-hybridized carbons (Fsp3) is 0.133. The van der Waals surface area contributed by atoms with E-state index < -0.39 is 5.97 Å². The van der Waals surface area contributed by atoms with Crippen LogP contribution in [0.25, 0.3) is 11.7 Å². The van der Waals surface area contributed by atoms with Gasteiger partial charge >= 0.3 is 5.97 Å². The lowest BCUT2D eigenvalue weighted by Crippen LogP contribution is -2.08. The van der Waals surface area contributed by atoms with Crippen molar-refractivity contribution < 1.29 is 18.4 Å². The molecule has 8 heteroatoms. The van der Waals surface area contributed by atoms with E-state index in [2.05, 4.69) is 10.2 Å². The number of benzene rings is 1. The van der Waals surface area contributed by atoms with Crippen molar-refractivity contribution in [1.82, 2.24) is 10.2 Å². The molecule has 2 aromatic heterocycles. The number of carbonyl (C=O) groups excluding carboxylic acids is 1. The molecule has 0 aliphatic rings. The van der Waals surface area contributed by atoms with Gasteiger partial charge in [-0.2, -0.15) is 0 Å². The van der Waals surface area contributed by atoms with Crippen LogP contribution in [0.15, 0.2) is 45.4 Å². The van der Waals surface area contributed by atoms with Crippen LogP contribution in [-0.2, 0) is 22.6 Å². The molecule has 0 aliphatic heterocycles. The molecule has 0 aliphatic carbocycles. The summed E-state index contributed by atoms with van der Waals surface area (Å²) < 4.78 is 15.6. The summed E-state index contributed by atoms with van der Waals surface area (Å²) in [6.07, 6.45) is 1.56. The van der Waals surface area contributed by atoms with Gasteiger partial charge in [0, 0.05) is 0 Å². The van der Waals surface area contributed by atoms with Gasteiger partial charge in [-0.05, 0) is 29.8 Å². The molecule has 23 heavy (non-hydrogen) atoms. The minimum absolute atomic E-state index is 0.0655. The standard InChI is InChI=1S/C15H10Cl2N2O4/c16-10-4-3-9(6-11(10)17)7-14(20)22-8-13-18-19-15(23-13)12-2-1-5-21-12/h1-6H,7-8H2.